The molecular weight excluding hydrogens is 448 g/mol. The minimum atomic E-state index is -1.80. The Balaban J connectivity index is 1.47. The van der Waals surface area contributed by atoms with E-state index in [9.17, 15) is 0 Å². The summed E-state index contributed by atoms with van der Waals surface area (Å²) >= 11 is 0. The van der Waals surface area contributed by atoms with Gasteiger partial charge < -0.3 is 13.9 Å². The maximum Gasteiger partial charge on any atom is 0.192 e. The molecule has 4 heteroatoms. The Hall–Kier alpha value is -0.163. The van der Waals surface area contributed by atoms with E-state index >= 15 is 0 Å². The summed E-state index contributed by atoms with van der Waals surface area (Å²) in [5, 5.41) is 0.249. The molecule has 5 rings (SSSR count). The van der Waals surface area contributed by atoms with Gasteiger partial charge in [0, 0.05) is 6.10 Å². The lowest BCUT2D eigenvalue weighted by atomic mass is 9.43. The molecule has 4 unspecified atom stereocenters. The third-order valence-electron chi connectivity index (χ3n) is 12.4. The van der Waals surface area contributed by atoms with E-state index in [2.05, 4.69) is 75.1 Å². The van der Waals surface area contributed by atoms with Crippen LogP contribution in [0.15, 0.2) is 12.2 Å². The second-order valence-corrected chi connectivity index (χ2v) is 20.5. The van der Waals surface area contributed by atoms with Crippen LogP contribution in [0.25, 0.3) is 0 Å². The molecular formula is C31H54O3Si. The second kappa shape index (κ2) is 8.17. The van der Waals surface area contributed by atoms with Gasteiger partial charge in [-0.15, -0.1) is 0 Å². The van der Waals surface area contributed by atoms with Gasteiger partial charge in [-0.3, -0.25) is 0 Å². The van der Waals surface area contributed by atoms with E-state index < -0.39 is 14.1 Å². The highest BCUT2D eigenvalue weighted by molar-refractivity contribution is 6.74. The highest BCUT2D eigenvalue weighted by atomic mass is 28.4. The number of rotatable bonds is 3. The van der Waals surface area contributed by atoms with Gasteiger partial charge in [0.25, 0.3) is 0 Å². The first kappa shape index (κ1) is 26.4. The van der Waals surface area contributed by atoms with Gasteiger partial charge in [-0.05, 0) is 124 Å². The number of allylic oxidation sites excluding steroid dienone is 1. The number of fused-ring (bicyclic) bond motifs is 8. The van der Waals surface area contributed by atoms with Crippen LogP contribution >= 0.6 is 0 Å². The summed E-state index contributed by atoms with van der Waals surface area (Å²) in [5.74, 6) is 2.79. The summed E-state index contributed by atoms with van der Waals surface area (Å²) in [5.41, 5.74) is 2.10. The van der Waals surface area contributed by atoms with Crippen LogP contribution in [0.1, 0.15) is 100 Å². The summed E-state index contributed by atoms with van der Waals surface area (Å²) in [4.78, 5) is 0. The van der Waals surface area contributed by atoms with Gasteiger partial charge in [-0.25, -0.2) is 0 Å². The van der Waals surface area contributed by atoms with Gasteiger partial charge in [0.05, 0.1) is 12.2 Å². The van der Waals surface area contributed by atoms with Gasteiger partial charge in [-0.2, -0.15) is 0 Å². The lowest BCUT2D eigenvalue weighted by molar-refractivity contribution is -0.187. The minimum Gasteiger partial charge on any atom is -0.414 e. The van der Waals surface area contributed by atoms with Crippen LogP contribution in [-0.4, -0.2) is 32.4 Å². The zero-order valence-corrected chi connectivity index (χ0v) is 25.5. The highest BCUT2D eigenvalue weighted by Crippen LogP contribution is 2.70. The highest BCUT2D eigenvalue weighted by Gasteiger charge is 2.68. The van der Waals surface area contributed by atoms with Crippen molar-refractivity contribution >= 4 is 8.32 Å². The Morgan fingerprint density at radius 2 is 1.46 bits per heavy atom. The molecule has 10 atom stereocenters. The summed E-state index contributed by atoms with van der Waals surface area (Å²) in [6.07, 6.45) is 9.76. The van der Waals surface area contributed by atoms with Gasteiger partial charge in [0.2, 0.25) is 0 Å². The molecule has 0 N–H and O–H groups in total. The van der Waals surface area contributed by atoms with Gasteiger partial charge in [0.1, 0.15) is 0 Å². The fourth-order valence-electron chi connectivity index (χ4n) is 9.66. The van der Waals surface area contributed by atoms with E-state index in [4.69, 9.17) is 13.9 Å². The van der Waals surface area contributed by atoms with Crippen molar-refractivity contribution in [1.82, 2.24) is 0 Å². The first-order valence-corrected chi connectivity index (χ1v) is 17.6. The van der Waals surface area contributed by atoms with E-state index in [0.717, 1.165) is 18.3 Å². The van der Waals surface area contributed by atoms with Crippen molar-refractivity contribution in [3.63, 3.8) is 0 Å². The molecule has 5 aliphatic rings. The van der Waals surface area contributed by atoms with Crippen molar-refractivity contribution in [2.24, 2.45) is 40.4 Å². The Kier molecular flexibility index (Phi) is 6.17. The normalized spacial score (nSPS) is 49.1. The topological polar surface area (TPSA) is 27.7 Å². The van der Waals surface area contributed by atoms with Crippen molar-refractivity contribution in [3.8, 4) is 0 Å². The quantitative estimate of drug-likeness (QED) is 0.287. The molecule has 0 aromatic heterocycles. The molecule has 3 nitrogen and oxygen atoms in total. The van der Waals surface area contributed by atoms with E-state index in [1.165, 1.54) is 44.1 Å². The molecule has 1 aliphatic heterocycles. The van der Waals surface area contributed by atoms with E-state index in [-0.39, 0.29) is 17.2 Å². The van der Waals surface area contributed by atoms with Crippen molar-refractivity contribution < 1.29 is 13.9 Å². The van der Waals surface area contributed by atoms with Crippen LogP contribution < -0.4 is 0 Å². The Labute approximate surface area is 217 Å². The zero-order chi connectivity index (χ0) is 25.8. The zero-order valence-electron chi connectivity index (χ0n) is 24.5. The molecule has 1 saturated heterocycles. The van der Waals surface area contributed by atoms with Gasteiger partial charge >= 0.3 is 0 Å². The molecule has 5 fully saturated rings. The van der Waals surface area contributed by atoms with Gasteiger partial charge in [-0.1, -0.05) is 46.8 Å². The lowest BCUT2D eigenvalue weighted by Gasteiger charge is -2.63. The number of hydrogen-bond acceptors (Lipinski definition) is 3. The molecule has 0 bridgehead atoms. The molecule has 200 valence electrons. The summed E-state index contributed by atoms with van der Waals surface area (Å²) in [6, 6.07) is 0. The van der Waals surface area contributed by atoms with Crippen LogP contribution in [0.4, 0.5) is 0 Å². The number of ether oxygens (including phenoxy) is 2. The molecule has 0 radical (unpaired) electrons. The summed E-state index contributed by atoms with van der Waals surface area (Å²) in [7, 11) is -1.80. The first-order chi connectivity index (χ1) is 16.0. The third kappa shape index (κ3) is 3.98. The largest absolute Gasteiger partial charge is 0.414 e. The third-order valence-corrected chi connectivity index (χ3v) is 16.9. The SMILES string of the molecule is C=C(C)[C@H]1CCC2C3C(CC[C@@]21C)[C@@]1(C)CC[C@H](O[Si](C)(C)C(C)(C)C)CC1[C@H]1OC(C)(C)O[C@H]31. The molecule has 4 aliphatic carbocycles. The van der Waals surface area contributed by atoms with E-state index in [1.807, 2.05) is 0 Å². The molecule has 35 heavy (non-hydrogen) atoms. The Morgan fingerprint density at radius 3 is 2.09 bits per heavy atom. The van der Waals surface area contributed by atoms with E-state index in [1.54, 1.807) is 0 Å². The molecule has 0 aromatic rings. The van der Waals surface area contributed by atoms with Crippen molar-refractivity contribution in [2.75, 3.05) is 0 Å². The van der Waals surface area contributed by atoms with Crippen molar-refractivity contribution in [1.29, 1.82) is 0 Å². The maximum atomic E-state index is 7.03. The molecule has 1 heterocycles. The smallest absolute Gasteiger partial charge is 0.192 e. The average molecular weight is 503 g/mol. The van der Waals surface area contributed by atoms with Crippen molar-refractivity contribution in [2.45, 2.75) is 143 Å². The van der Waals surface area contributed by atoms with Crippen LogP contribution in [-0.2, 0) is 13.9 Å². The minimum absolute atomic E-state index is 0.202. The first-order valence-electron chi connectivity index (χ1n) is 14.7. The fraction of sp³-hybridized carbons (Fsp3) is 0.935. The summed E-state index contributed by atoms with van der Waals surface area (Å²) < 4.78 is 20.8. The second-order valence-electron chi connectivity index (χ2n) is 15.8. The van der Waals surface area contributed by atoms with Crippen LogP contribution in [0.2, 0.25) is 18.1 Å². The molecule has 0 spiro atoms. The predicted molar refractivity (Wildman–Crippen MR) is 147 cm³/mol. The fourth-order valence-corrected chi connectivity index (χ4v) is 11.1. The summed E-state index contributed by atoms with van der Waals surface area (Å²) in [6.45, 7) is 28.2. The average Bonchev–Trinajstić information content (AvgIpc) is 3.23. The van der Waals surface area contributed by atoms with Crippen LogP contribution in [0.5, 0.6) is 0 Å². The Bertz CT molecular complexity index is 858. The predicted octanol–water partition coefficient (Wildman–Crippen LogP) is 8.35. The van der Waals surface area contributed by atoms with Crippen LogP contribution in [0.3, 0.4) is 0 Å². The monoisotopic (exact) mass is 502 g/mol. The molecule has 4 saturated carbocycles. The molecule has 0 aromatic carbocycles. The lowest BCUT2D eigenvalue weighted by Crippen LogP contribution is -2.63. The number of hydrogen-bond donors (Lipinski definition) is 0. The standard InChI is InChI=1S/C31H54O3Si/c1-19(2)21-12-13-22-25-23(15-17-30(21,22)8)31(9)16-14-20(34-35(10,11)28(3,4)5)18-24(31)26-27(25)33-29(6,7)32-26/h20-27H,1,12-18H2,2-11H3/t20-,21+,22?,23?,24?,25?,26+,27+,30+,31+/m0/s1. The maximum absolute atomic E-state index is 7.03. The Morgan fingerprint density at radius 1 is 0.857 bits per heavy atom. The van der Waals surface area contributed by atoms with Crippen LogP contribution in [0, 0.1) is 40.4 Å². The van der Waals surface area contributed by atoms with E-state index in [0.29, 0.717) is 34.7 Å². The molecule has 0 amide bonds. The van der Waals surface area contributed by atoms with Gasteiger partial charge in [0.15, 0.2) is 14.1 Å². The van der Waals surface area contributed by atoms with Crippen molar-refractivity contribution in [3.05, 3.63) is 12.2 Å².